The van der Waals surface area contributed by atoms with Gasteiger partial charge in [-0.15, -0.1) is 0 Å². The summed E-state index contributed by atoms with van der Waals surface area (Å²) in [4.78, 5) is 15.4. The lowest BCUT2D eigenvalue weighted by Crippen LogP contribution is -2.27. The van der Waals surface area contributed by atoms with E-state index in [4.69, 9.17) is 10.1 Å². The van der Waals surface area contributed by atoms with Crippen LogP contribution in [0.1, 0.15) is 58.4 Å². The van der Waals surface area contributed by atoms with Crippen molar-refractivity contribution >= 4 is 26.9 Å². The molecule has 6 rings (SSSR count). The van der Waals surface area contributed by atoms with Gasteiger partial charge >= 0.3 is 0 Å². The van der Waals surface area contributed by atoms with E-state index in [9.17, 15) is 8.42 Å². The largest absolute Gasteiger partial charge is 0.369 e. The third kappa shape index (κ3) is 4.60. The fraction of sp³-hybridized carbons (Fsp3) is 0.464. The molecule has 0 bridgehead atoms. The van der Waals surface area contributed by atoms with Gasteiger partial charge in [0.25, 0.3) is 0 Å². The summed E-state index contributed by atoms with van der Waals surface area (Å²) in [6.45, 7) is 5.41. The third-order valence-electron chi connectivity index (χ3n) is 8.30. The molecule has 2 N–H and O–H groups in total. The second-order valence-corrected chi connectivity index (χ2v) is 12.8. The number of hydrogen-bond donors (Lipinski definition) is 2. The van der Waals surface area contributed by atoms with E-state index >= 15 is 0 Å². The molecule has 1 aromatic carbocycles. The maximum Gasteiger partial charge on any atom is 0.240 e. The number of sulfonamides is 1. The van der Waals surface area contributed by atoms with Gasteiger partial charge in [-0.05, 0) is 76.6 Å². The van der Waals surface area contributed by atoms with Gasteiger partial charge in [0, 0.05) is 47.4 Å². The summed E-state index contributed by atoms with van der Waals surface area (Å²) in [6, 6.07) is 6.26. The van der Waals surface area contributed by atoms with Crippen molar-refractivity contribution in [3.05, 3.63) is 43.0 Å². The summed E-state index contributed by atoms with van der Waals surface area (Å²) in [7, 11) is -2.20. The SMILES string of the molecule is CNS(=O)(=O)c1cc(-c2cnc3[nH]cc(-c4cnn(C5CCC(C)CC5)c4)c3n2)cc(N2CCC[C@H]2C)c1. The molecule has 1 atom stereocenters. The van der Waals surface area contributed by atoms with Crippen LogP contribution in [0.15, 0.2) is 47.9 Å². The van der Waals surface area contributed by atoms with Crippen LogP contribution in [-0.2, 0) is 10.0 Å². The molecule has 2 aliphatic rings. The van der Waals surface area contributed by atoms with Crippen LogP contribution in [-0.4, -0.2) is 52.8 Å². The van der Waals surface area contributed by atoms with Gasteiger partial charge in [-0.1, -0.05) is 6.92 Å². The van der Waals surface area contributed by atoms with Crippen molar-refractivity contribution in [2.45, 2.75) is 69.4 Å². The van der Waals surface area contributed by atoms with Crippen LogP contribution in [0.25, 0.3) is 33.5 Å². The number of H-pyrrole nitrogens is 1. The van der Waals surface area contributed by atoms with Gasteiger partial charge in [-0.3, -0.25) is 4.68 Å². The topological polar surface area (TPSA) is 109 Å². The molecule has 1 saturated heterocycles. The number of aromatic amines is 1. The second kappa shape index (κ2) is 9.81. The van der Waals surface area contributed by atoms with E-state index in [0.29, 0.717) is 23.4 Å². The summed E-state index contributed by atoms with van der Waals surface area (Å²) in [5.74, 6) is 0.791. The Bertz CT molecular complexity index is 1570. The Balaban J connectivity index is 1.40. The van der Waals surface area contributed by atoms with Crippen molar-refractivity contribution in [2.24, 2.45) is 5.92 Å². The summed E-state index contributed by atoms with van der Waals surface area (Å²) >= 11 is 0. The molecule has 0 amide bonds. The van der Waals surface area contributed by atoms with Crippen molar-refractivity contribution < 1.29 is 8.42 Å². The van der Waals surface area contributed by atoms with E-state index < -0.39 is 10.0 Å². The minimum atomic E-state index is -3.63. The van der Waals surface area contributed by atoms with E-state index in [1.165, 1.54) is 19.9 Å². The first kappa shape index (κ1) is 25.1. The normalized spacial score (nSPS) is 22.4. The Hall–Kier alpha value is -3.24. The van der Waals surface area contributed by atoms with E-state index in [1.54, 1.807) is 18.3 Å². The molecule has 4 heterocycles. The predicted octanol–water partition coefficient (Wildman–Crippen LogP) is 5.14. The Labute approximate surface area is 223 Å². The first-order valence-electron chi connectivity index (χ1n) is 13.6. The molecule has 10 heteroatoms. The highest BCUT2D eigenvalue weighted by atomic mass is 32.2. The smallest absolute Gasteiger partial charge is 0.240 e. The first-order valence-corrected chi connectivity index (χ1v) is 15.0. The van der Waals surface area contributed by atoms with Crippen molar-refractivity contribution in [1.29, 1.82) is 0 Å². The highest BCUT2D eigenvalue weighted by molar-refractivity contribution is 7.89. The maximum atomic E-state index is 12.8. The second-order valence-electron chi connectivity index (χ2n) is 10.9. The summed E-state index contributed by atoms with van der Waals surface area (Å²) < 4.78 is 30.2. The Morgan fingerprint density at radius 3 is 2.58 bits per heavy atom. The zero-order chi connectivity index (χ0) is 26.4. The Morgan fingerprint density at radius 1 is 1.03 bits per heavy atom. The molecule has 0 radical (unpaired) electrons. The van der Waals surface area contributed by atoms with Crippen LogP contribution < -0.4 is 9.62 Å². The quantitative estimate of drug-likeness (QED) is 0.355. The van der Waals surface area contributed by atoms with Gasteiger partial charge in [0.15, 0.2) is 5.65 Å². The zero-order valence-electron chi connectivity index (χ0n) is 22.2. The fourth-order valence-corrected chi connectivity index (χ4v) is 6.71. The Kier molecular flexibility index (Phi) is 6.47. The molecule has 0 unspecified atom stereocenters. The van der Waals surface area contributed by atoms with Gasteiger partial charge in [0.1, 0.15) is 5.52 Å². The molecule has 38 heavy (non-hydrogen) atoms. The molecule has 0 spiro atoms. The number of fused-ring (bicyclic) bond motifs is 1. The highest BCUT2D eigenvalue weighted by Crippen LogP contribution is 2.35. The lowest BCUT2D eigenvalue weighted by molar-refractivity contribution is 0.274. The lowest BCUT2D eigenvalue weighted by atomic mass is 9.87. The molecular weight excluding hydrogens is 498 g/mol. The van der Waals surface area contributed by atoms with Crippen LogP contribution in [0.4, 0.5) is 5.69 Å². The standard InChI is InChI=1S/C28H35N7O2S/c1-18-6-8-22(9-7-18)35-17-21(14-32-35)25-15-30-28-27(25)33-26(16-31-28)20-11-23(34-10-4-5-19(34)2)13-24(12-20)38(36,37)29-3/h11-19,22,29H,4-10H2,1-3H3,(H,30,31)/t18?,19-,22?/m1/s1. The van der Waals surface area contributed by atoms with Crippen LogP contribution in [0, 0.1) is 5.92 Å². The first-order chi connectivity index (χ1) is 18.3. The number of hydrogen-bond acceptors (Lipinski definition) is 6. The number of nitrogens with one attached hydrogen (secondary N) is 2. The monoisotopic (exact) mass is 533 g/mol. The number of nitrogens with zero attached hydrogens (tertiary/aromatic N) is 5. The minimum Gasteiger partial charge on any atom is -0.369 e. The Morgan fingerprint density at radius 2 is 1.84 bits per heavy atom. The molecule has 4 aromatic rings. The fourth-order valence-electron chi connectivity index (χ4n) is 5.92. The number of aromatic nitrogens is 5. The average Bonchev–Trinajstić information content (AvgIpc) is 3.68. The molecule has 9 nitrogen and oxygen atoms in total. The summed E-state index contributed by atoms with van der Waals surface area (Å²) in [5.41, 5.74) is 5.63. The highest BCUT2D eigenvalue weighted by Gasteiger charge is 2.25. The number of anilines is 1. The predicted molar refractivity (Wildman–Crippen MR) is 150 cm³/mol. The zero-order valence-corrected chi connectivity index (χ0v) is 23.0. The lowest BCUT2D eigenvalue weighted by Gasteiger charge is -2.26. The molecule has 2 fully saturated rings. The van der Waals surface area contributed by atoms with Crippen molar-refractivity contribution in [1.82, 2.24) is 29.5 Å². The molecule has 1 saturated carbocycles. The van der Waals surface area contributed by atoms with Gasteiger partial charge in [-0.25, -0.2) is 23.1 Å². The van der Waals surface area contributed by atoms with Gasteiger partial charge in [0.2, 0.25) is 10.0 Å². The van der Waals surface area contributed by atoms with Crippen LogP contribution in [0.3, 0.4) is 0 Å². The van der Waals surface area contributed by atoms with Gasteiger partial charge in [-0.2, -0.15) is 5.10 Å². The molecule has 1 aliphatic carbocycles. The molecule has 200 valence electrons. The third-order valence-corrected chi connectivity index (χ3v) is 9.70. The van der Waals surface area contributed by atoms with Crippen LogP contribution in [0.5, 0.6) is 0 Å². The van der Waals surface area contributed by atoms with Crippen LogP contribution in [0.2, 0.25) is 0 Å². The van der Waals surface area contributed by atoms with Crippen molar-refractivity contribution in [3.63, 3.8) is 0 Å². The maximum absolute atomic E-state index is 12.8. The minimum absolute atomic E-state index is 0.228. The van der Waals surface area contributed by atoms with Crippen molar-refractivity contribution in [2.75, 3.05) is 18.5 Å². The van der Waals surface area contributed by atoms with Crippen LogP contribution >= 0.6 is 0 Å². The molecular formula is C28H35N7O2S. The molecule has 3 aromatic heterocycles. The van der Waals surface area contributed by atoms with Gasteiger partial charge in [0.05, 0.1) is 29.0 Å². The number of benzene rings is 1. The average molecular weight is 534 g/mol. The summed E-state index contributed by atoms with van der Waals surface area (Å²) in [6.07, 6.45) is 14.6. The molecule has 1 aliphatic heterocycles. The van der Waals surface area contributed by atoms with E-state index in [0.717, 1.165) is 66.0 Å². The summed E-state index contributed by atoms with van der Waals surface area (Å²) in [5, 5.41) is 4.69. The number of rotatable bonds is 6. The van der Waals surface area contributed by atoms with E-state index in [2.05, 4.69) is 44.3 Å². The van der Waals surface area contributed by atoms with Gasteiger partial charge < -0.3 is 9.88 Å². The van der Waals surface area contributed by atoms with E-state index in [1.807, 2.05) is 18.5 Å². The van der Waals surface area contributed by atoms with E-state index in [-0.39, 0.29) is 4.90 Å². The van der Waals surface area contributed by atoms with Crippen molar-refractivity contribution in [3.8, 4) is 22.4 Å².